The summed E-state index contributed by atoms with van der Waals surface area (Å²) >= 11 is 7.23. The van der Waals surface area contributed by atoms with Crippen molar-refractivity contribution in [2.75, 3.05) is 25.6 Å². The lowest BCUT2D eigenvalue weighted by Crippen LogP contribution is -2.04. The van der Waals surface area contributed by atoms with Crippen LogP contribution in [0.25, 0.3) is 0 Å². The number of nitrogens with zero attached hydrogens (tertiary/aromatic N) is 2. The van der Waals surface area contributed by atoms with Gasteiger partial charge in [0.25, 0.3) is 0 Å². The minimum Gasteiger partial charge on any atom is -0.384 e. The molecule has 1 heterocycles. The molecule has 1 N–H and O–H groups in total. The van der Waals surface area contributed by atoms with Crippen molar-refractivity contribution in [2.45, 2.75) is 12.8 Å². The minimum absolute atomic E-state index is 0.654. The van der Waals surface area contributed by atoms with Gasteiger partial charge in [-0.15, -0.1) is 0 Å². The van der Waals surface area contributed by atoms with Gasteiger partial charge < -0.3 is 10.1 Å². The molecule has 0 spiro atoms. The topological polar surface area (TPSA) is 47.0 Å². The normalized spacial score (nSPS) is 10.6. The van der Waals surface area contributed by atoms with Crippen LogP contribution in [0.3, 0.4) is 0 Å². The summed E-state index contributed by atoms with van der Waals surface area (Å²) in [6, 6.07) is 7.89. The second-order valence-electron chi connectivity index (χ2n) is 4.06. The van der Waals surface area contributed by atoms with Crippen LogP contribution in [0.2, 0.25) is 5.02 Å². The monoisotopic (exact) mass is 297 g/mol. The maximum absolute atomic E-state index is 5.84. The lowest BCUT2D eigenvalue weighted by molar-refractivity contribution is 0.201. The third-order valence-electron chi connectivity index (χ3n) is 2.60. The van der Waals surface area contributed by atoms with Crippen molar-refractivity contribution in [2.24, 2.45) is 0 Å². The molecule has 1 aromatic carbocycles. The number of ether oxygens (including phenoxy) is 1. The summed E-state index contributed by atoms with van der Waals surface area (Å²) in [6.07, 6.45) is 1.69. The first-order valence-electron chi connectivity index (χ1n) is 6.08. The van der Waals surface area contributed by atoms with E-state index < -0.39 is 0 Å². The van der Waals surface area contributed by atoms with Crippen molar-refractivity contribution < 1.29 is 4.74 Å². The fourth-order valence-electron chi connectivity index (χ4n) is 1.59. The molecular formula is C13H16ClN3OS. The number of rotatable bonds is 7. The van der Waals surface area contributed by atoms with Gasteiger partial charge in [-0.25, -0.2) is 4.98 Å². The zero-order chi connectivity index (χ0) is 13.5. The zero-order valence-electron chi connectivity index (χ0n) is 10.7. The molecule has 0 amide bonds. The first-order chi connectivity index (χ1) is 9.28. The molecule has 1 aromatic heterocycles. The van der Waals surface area contributed by atoms with E-state index in [-0.39, 0.29) is 0 Å². The fourth-order valence-corrected chi connectivity index (χ4v) is 2.35. The lowest BCUT2D eigenvalue weighted by atomic mass is 10.1. The molecule has 0 bridgehead atoms. The second-order valence-corrected chi connectivity index (χ2v) is 5.25. The second kappa shape index (κ2) is 7.43. The van der Waals surface area contributed by atoms with Gasteiger partial charge in [0.2, 0.25) is 5.13 Å². The molecule has 0 saturated heterocycles. The molecule has 0 radical (unpaired) electrons. The SMILES string of the molecule is COCCc1nsc(NCCc2ccc(Cl)cc2)n1. The molecule has 0 aliphatic heterocycles. The van der Waals surface area contributed by atoms with Crippen molar-refractivity contribution in [3.8, 4) is 0 Å². The molecule has 0 saturated carbocycles. The number of benzene rings is 1. The molecule has 0 atom stereocenters. The number of nitrogens with one attached hydrogen (secondary N) is 1. The van der Waals surface area contributed by atoms with Gasteiger partial charge in [-0.05, 0) is 24.1 Å². The van der Waals surface area contributed by atoms with Crippen molar-refractivity contribution in [1.29, 1.82) is 0 Å². The maximum atomic E-state index is 5.84. The molecule has 0 unspecified atom stereocenters. The quantitative estimate of drug-likeness (QED) is 0.853. The minimum atomic E-state index is 0.654. The Morgan fingerprint density at radius 3 is 2.79 bits per heavy atom. The average molecular weight is 298 g/mol. The molecule has 2 rings (SSSR count). The summed E-state index contributed by atoms with van der Waals surface area (Å²) in [4.78, 5) is 4.39. The highest BCUT2D eigenvalue weighted by atomic mass is 35.5. The zero-order valence-corrected chi connectivity index (χ0v) is 12.3. The Kier molecular flexibility index (Phi) is 5.57. The van der Waals surface area contributed by atoms with E-state index in [0.29, 0.717) is 6.61 Å². The van der Waals surface area contributed by atoms with Crippen LogP contribution in [0.4, 0.5) is 5.13 Å². The number of methoxy groups -OCH3 is 1. The lowest BCUT2D eigenvalue weighted by Gasteiger charge is -2.02. The highest BCUT2D eigenvalue weighted by molar-refractivity contribution is 7.09. The van der Waals surface area contributed by atoms with Gasteiger partial charge in [0.15, 0.2) is 0 Å². The first kappa shape index (κ1) is 14.2. The number of halogens is 1. The maximum Gasteiger partial charge on any atom is 0.202 e. The Morgan fingerprint density at radius 1 is 1.26 bits per heavy atom. The van der Waals surface area contributed by atoms with E-state index in [0.717, 1.165) is 35.4 Å². The largest absolute Gasteiger partial charge is 0.384 e. The Labute approximate surface area is 122 Å². The number of hydrogen-bond acceptors (Lipinski definition) is 5. The van der Waals surface area contributed by atoms with Gasteiger partial charge in [0.05, 0.1) is 6.61 Å². The van der Waals surface area contributed by atoms with Crippen LogP contribution in [0.1, 0.15) is 11.4 Å². The van der Waals surface area contributed by atoms with E-state index in [1.807, 2.05) is 24.3 Å². The summed E-state index contributed by atoms with van der Waals surface area (Å²) in [5.74, 6) is 0.834. The van der Waals surface area contributed by atoms with Gasteiger partial charge in [0, 0.05) is 36.6 Å². The number of hydrogen-bond donors (Lipinski definition) is 1. The van der Waals surface area contributed by atoms with Crippen molar-refractivity contribution >= 4 is 28.3 Å². The van der Waals surface area contributed by atoms with Gasteiger partial charge >= 0.3 is 0 Å². The molecule has 0 aliphatic carbocycles. The Morgan fingerprint density at radius 2 is 2.05 bits per heavy atom. The first-order valence-corrected chi connectivity index (χ1v) is 7.23. The Balaban J connectivity index is 1.76. The summed E-state index contributed by atoms with van der Waals surface area (Å²) < 4.78 is 9.26. The van der Waals surface area contributed by atoms with Crippen LogP contribution >= 0.6 is 23.1 Å². The van der Waals surface area contributed by atoms with Gasteiger partial charge in [-0.3, -0.25) is 0 Å². The van der Waals surface area contributed by atoms with Gasteiger partial charge in [0.1, 0.15) is 5.82 Å². The molecule has 6 heteroatoms. The van der Waals surface area contributed by atoms with Crippen LogP contribution < -0.4 is 5.32 Å². The van der Waals surface area contributed by atoms with E-state index in [4.69, 9.17) is 16.3 Å². The fraction of sp³-hybridized carbons (Fsp3) is 0.385. The molecule has 4 nitrogen and oxygen atoms in total. The van der Waals surface area contributed by atoms with E-state index >= 15 is 0 Å². The highest BCUT2D eigenvalue weighted by Crippen LogP contribution is 2.13. The summed E-state index contributed by atoms with van der Waals surface area (Å²) in [6.45, 7) is 1.49. The standard InChI is InChI=1S/C13H16ClN3OS/c1-18-9-7-12-16-13(19-17-12)15-8-6-10-2-4-11(14)5-3-10/h2-5H,6-9H2,1H3,(H,15,16,17). The Hall–Kier alpha value is -1.17. The highest BCUT2D eigenvalue weighted by Gasteiger charge is 2.03. The van der Waals surface area contributed by atoms with E-state index in [1.165, 1.54) is 17.1 Å². The average Bonchev–Trinajstić information content (AvgIpc) is 2.87. The van der Waals surface area contributed by atoms with Crippen LogP contribution in [0.5, 0.6) is 0 Å². The van der Waals surface area contributed by atoms with Crippen molar-refractivity contribution in [1.82, 2.24) is 9.36 Å². The van der Waals surface area contributed by atoms with Crippen molar-refractivity contribution in [3.63, 3.8) is 0 Å². The Bertz CT molecular complexity index is 501. The van der Waals surface area contributed by atoms with Gasteiger partial charge in [-0.2, -0.15) is 4.37 Å². The van der Waals surface area contributed by atoms with Crippen LogP contribution in [-0.2, 0) is 17.6 Å². The summed E-state index contributed by atoms with van der Waals surface area (Å²) in [5.41, 5.74) is 1.25. The molecule has 0 aliphatic rings. The predicted octanol–water partition coefficient (Wildman–Crippen LogP) is 3.04. The summed E-state index contributed by atoms with van der Waals surface area (Å²) in [7, 11) is 1.68. The molecule has 19 heavy (non-hydrogen) atoms. The summed E-state index contributed by atoms with van der Waals surface area (Å²) in [5, 5.41) is 4.90. The number of aromatic nitrogens is 2. The van der Waals surface area contributed by atoms with E-state index in [9.17, 15) is 0 Å². The third-order valence-corrected chi connectivity index (χ3v) is 3.56. The number of anilines is 1. The van der Waals surface area contributed by atoms with Crippen LogP contribution in [-0.4, -0.2) is 29.6 Å². The van der Waals surface area contributed by atoms with Crippen molar-refractivity contribution in [3.05, 3.63) is 40.7 Å². The van der Waals surface area contributed by atoms with Crippen LogP contribution in [0.15, 0.2) is 24.3 Å². The van der Waals surface area contributed by atoms with Crippen LogP contribution in [0, 0.1) is 0 Å². The smallest absolute Gasteiger partial charge is 0.202 e. The molecule has 102 valence electrons. The van der Waals surface area contributed by atoms with E-state index in [1.54, 1.807) is 7.11 Å². The molecular weight excluding hydrogens is 282 g/mol. The predicted molar refractivity (Wildman–Crippen MR) is 79.1 cm³/mol. The molecule has 0 fully saturated rings. The van der Waals surface area contributed by atoms with E-state index in [2.05, 4.69) is 14.7 Å². The third kappa shape index (κ3) is 4.78. The molecule has 2 aromatic rings. The van der Waals surface area contributed by atoms with Gasteiger partial charge in [-0.1, -0.05) is 23.7 Å².